The van der Waals surface area contributed by atoms with Crippen molar-refractivity contribution in [3.05, 3.63) is 23.8 Å². The highest BCUT2D eigenvalue weighted by molar-refractivity contribution is 5.73. The molecule has 2 rings (SSSR count). The molecule has 1 heterocycles. The molecule has 1 aliphatic heterocycles. The van der Waals surface area contributed by atoms with E-state index in [2.05, 4.69) is 5.32 Å². The predicted molar refractivity (Wildman–Crippen MR) is 84.8 cm³/mol. The highest BCUT2D eigenvalue weighted by atomic mass is 16.7. The number of aromatic hydroxyl groups is 1. The lowest BCUT2D eigenvalue weighted by Crippen LogP contribution is -2.64. The van der Waals surface area contributed by atoms with Gasteiger partial charge in [0.1, 0.15) is 24.4 Å². The number of aliphatic hydroxyl groups excluding tert-OH is 3. The number of phenolic OH excluding ortho intramolecular Hbond substituents is 1. The number of carbonyl (C=O) groups excluding carboxylic acids is 1. The minimum absolute atomic E-state index is 0.0184. The van der Waals surface area contributed by atoms with E-state index in [4.69, 9.17) is 14.2 Å². The van der Waals surface area contributed by atoms with Gasteiger partial charge in [-0.2, -0.15) is 0 Å². The number of methoxy groups -OCH3 is 1. The van der Waals surface area contributed by atoms with Gasteiger partial charge in [0.05, 0.1) is 20.3 Å². The number of amides is 1. The zero-order chi connectivity index (χ0) is 18.6. The van der Waals surface area contributed by atoms with E-state index in [-0.39, 0.29) is 18.1 Å². The lowest BCUT2D eigenvalue weighted by molar-refractivity contribution is -0.273. The molecule has 140 valence electrons. The van der Waals surface area contributed by atoms with E-state index >= 15 is 0 Å². The van der Waals surface area contributed by atoms with Crippen LogP contribution < -0.4 is 10.1 Å². The maximum Gasteiger partial charge on any atom is 0.217 e. The molecule has 0 aliphatic carbocycles. The van der Waals surface area contributed by atoms with Crippen LogP contribution in [0.25, 0.3) is 0 Å². The van der Waals surface area contributed by atoms with Gasteiger partial charge in [0, 0.05) is 6.92 Å². The van der Waals surface area contributed by atoms with Gasteiger partial charge in [0.15, 0.2) is 17.8 Å². The second-order valence-corrected chi connectivity index (χ2v) is 5.75. The van der Waals surface area contributed by atoms with Gasteiger partial charge in [-0.25, -0.2) is 0 Å². The van der Waals surface area contributed by atoms with Crippen LogP contribution in [0, 0.1) is 0 Å². The van der Waals surface area contributed by atoms with E-state index < -0.39 is 43.2 Å². The maximum absolute atomic E-state index is 11.3. The monoisotopic (exact) mass is 357 g/mol. The molecule has 9 nitrogen and oxygen atoms in total. The van der Waals surface area contributed by atoms with Gasteiger partial charge in [0.25, 0.3) is 0 Å². The molecule has 0 aromatic heterocycles. The maximum atomic E-state index is 11.3. The zero-order valence-electron chi connectivity index (χ0n) is 14.0. The van der Waals surface area contributed by atoms with E-state index in [0.717, 1.165) is 0 Å². The summed E-state index contributed by atoms with van der Waals surface area (Å²) in [6, 6.07) is 3.62. The first-order valence-electron chi connectivity index (χ1n) is 7.74. The summed E-state index contributed by atoms with van der Waals surface area (Å²) in [7, 11) is 1.42. The largest absolute Gasteiger partial charge is 0.504 e. The molecule has 25 heavy (non-hydrogen) atoms. The van der Waals surface area contributed by atoms with Gasteiger partial charge < -0.3 is 40.0 Å². The van der Waals surface area contributed by atoms with Crippen molar-refractivity contribution in [2.24, 2.45) is 0 Å². The molecule has 1 aliphatic rings. The Labute approximate surface area is 144 Å². The van der Waals surface area contributed by atoms with Crippen molar-refractivity contribution in [2.75, 3.05) is 13.7 Å². The summed E-state index contributed by atoms with van der Waals surface area (Å²) in [6.07, 6.45) is -4.86. The summed E-state index contributed by atoms with van der Waals surface area (Å²) < 4.78 is 16.1. The summed E-state index contributed by atoms with van der Waals surface area (Å²) >= 11 is 0. The van der Waals surface area contributed by atoms with Crippen LogP contribution in [0.3, 0.4) is 0 Å². The molecule has 9 heteroatoms. The Kier molecular flexibility index (Phi) is 6.57. The van der Waals surface area contributed by atoms with E-state index in [1.54, 1.807) is 12.1 Å². The van der Waals surface area contributed by atoms with Crippen molar-refractivity contribution < 1.29 is 39.4 Å². The number of benzene rings is 1. The van der Waals surface area contributed by atoms with E-state index in [9.17, 15) is 25.2 Å². The third kappa shape index (κ3) is 4.59. The predicted octanol–water partition coefficient (Wildman–Crippen LogP) is -1.14. The van der Waals surface area contributed by atoms with Gasteiger partial charge in [0.2, 0.25) is 5.91 Å². The lowest BCUT2D eigenvalue weighted by atomic mass is 9.97. The van der Waals surface area contributed by atoms with Crippen LogP contribution in [-0.4, -0.2) is 70.7 Å². The Morgan fingerprint density at radius 3 is 2.64 bits per heavy atom. The quantitative estimate of drug-likeness (QED) is 0.431. The summed E-state index contributed by atoms with van der Waals surface area (Å²) in [5, 5.41) is 41.5. The molecule has 1 aromatic carbocycles. The summed E-state index contributed by atoms with van der Waals surface area (Å²) in [6.45, 7) is 0.773. The molecule has 1 amide bonds. The molecule has 0 spiro atoms. The SMILES string of the molecule is COc1cc(CO[C@@H]2O[C@H](CO)[C@@H](O)[C@H](O)[C@H]2NC(C)=O)ccc1O. The van der Waals surface area contributed by atoms with E-state index in [1.165, 1.54) is 20.1 Å². The fraction of sp³-hybridized carbons (Fsp3) is 0.562. The number of ether oxygens (including phenoxy) is 3. The van der Waals surface area contributed by atoms with Crippen LogP contribution in [-0.2, 0) is 20.9 Å². The highest BCUT2D eigenvalue weighted by Crippen LogP contribution is 2.28. The topological polar surface area (TPSA) is 138 Å². The number of rotatable bonds is 6. The first kappa shape index (κ1) is 19.4. The molecular weight excluding hydrogens is 334 g/mol. The number of carbonyl (C=O) groups is 1. The molecule has 1 saturated heterocycles. The van der Waals surface area contributed by atoms with Crippen LogP contribution in [0.1, 0.15) is 12.5 Å². The van der Waals surface area contributed by atoms with Crippen LogP contribution >= 0.6 is 0 Å². The van der Waals surface area contributed by atoms with Crippen molar-refractivity contribution in [2.45, 2.75) is 44.2 Å². The Balaban J connectivity index is 2.11. The van der Waals surface area contributed by atoms with Crippen LogP contribution in [0.15, 0.2) is 18.2 Å². The molecule has 0 bridgehead atoms. The zero-order valence-corrected chi connectivity index (χ0v) is 14.0. The standard InChI is InChI=1S/C16H23NO8/c1-8(19)17-13-15(22)14(21)12(6-18)25-16(13)24-7-9-3-4-10(20)11(5-9)23-2/h3-5,12-16,18,20-22H,6-7H2,1-2H3,(H,17,19)/t12-,13-,14-,15-,16-/m1/s1. The number of hydrogen-bond donors (Lipinski definition) is 5. The van der Waals surface area contributed by atoms with Crippen molar-refractivity contribution in [1.29, 1.82) is 0 Å². The first-order chi connectivity index (χ1) is 11.9. The highest BCUT2D eigenvalue weighted by Gasteiger charge is 2.45. The average Bonchev–Trinajstić information content (AvgIpc) is 2.59. The second kappa shape index (κ2) is 8.45. The summed E-state index contributed by atoms with van der Waals surface area (Å²) in [4.78, 5) is 11.3. The average molecular weight is 357 g/mol. The molecule has 0 radical (unpaired) electrons. The fourth-order valence-electron chi connectivity index (χ4n) is 2.60. The number of nitrogens with one attached hydrogen (secondary N) is 1. The minimum Gasteiger partial charge on any atom is -0.504 e. The Hall–Kier alpha value is -1.91. The van der Waals surface area contributed by atoms with Crippen molar-refractivity contribution in [3.8, 4) is 11.5 Å². The molecule has 5 atom stereocenters. The van der Waals surface area contributed by atoms with E-state index in [1.807, 2.05) is 0 Å². The Morgan fingerprint density at radius 1 is 1.32 bits per heavy atom. The first-order valence-corrected chi connectivity index (χ1v) is 7.74. The summed E-state index contributed by atoms with van der Waals surface area (Å²) in [5.41, 5.74) is 0.654. The van der Waals surface area contributed by atoms with Crippen molar-refractivity contribution in [1.82, 2.24) is 5.32 Å². The van der Waals surface area contributed by atoms with Crippen molar-refractivity contribution >= 4 is 5.91 Å². The molecule has 5 N–H and O–H groups in total. The van der Waals surface area contributed by atoms with Gasteiger partial charge in [-0.15, -0.1) is 0 Å². The van der Waals surface area contributed by atoms with Gasteiger partial charge in [-0.05, 0) is 17.7 Å². The van der Waals surface area contributed by atoms with Gasteiger partial charge >= 0.3 is 0 Å². The second-order valence-electron chi connectivity index (χ2n) is 5.75. The van der Waals surface area contributed by atoms with Crippen LogP contribution in [0.5, 0.6) is 11.5 Å². The smallest absolute Gasteiger partial charge is 0.217 e. The van der Waals surface area contributed by atoms with Gasteiger partial charge in [-0.3, -0.25) is 4.79 Å². The Bertz CT molecular complexity index is 595. The fourth-order valence-corrected chi connectivity index (χ4v) is 2.60. The van der Waals surface area contributed by atoms with Crippen LogP contribution in [0.4, 0.5) is 0 Å². The van der Waals surface area contributed by atoms with Crippen LogP contribution in [0.2, 0.25) is 0 Å². The third-order valence-electron chi connectivity index (χ3n) is 3.91. The normalized spacial score (nSPS) is 29.2. The number of aliphatic hydroxyl groups is 3. The number of hydrogen-bond acceptors (Lipinski definition) is 8. The Morgan fingerprint density at radius 2 is 2.04 bits per heavy atom. The lowest BCUT2D eigenvalue weighted by Gasteiger charge is -2.42. The molecule has 0 saturated carbocycles. The van der Waals surface area contributed by atoms with Gasteiger partial charge in [-0.1, -0.05) is 6.07 Å². The minimum atomic E-state index is -1.37. The molecular formula is C16H23NO8. The third-order valence-corrected chi connectivity index (χ3v) is 3.91. The molecule has 1 aromatic rings. The molecule has 1 fully saturated rings. The van der Waals surface area contributed by atoms with Crippen molar-refractivity contribution in [3.63, 3.8) is 0 Å². The summed E-state index contributed by atoms with van der Waals surface area (Å²) in [5.74, 6) is -0.176. The number of phenols is 1. The molecule has 0 unspecified atom stereocenters. The van der Waals surface area contributed by atoms with E-state index in [0.29, 0.717) is 5.56 Å².